The van der Waals surface area contributed by atoms with Gasteiger partial charge in [0, 0.05) is 11.6 Å². The lowest BCUT2D eigenvalue weighted by molar-refractivity contribution is 0.313. The Balaban J connectivity index is 2.07. The number of hydrogen-bond acceptors (Lipinski definition) is 2. The summed E-state index contributed by atoms with van der Waals surface area (Å²) in [5.41, 5.74) is 0. The van der Waals surface area contributed by atoms with Gasteiger partial charge in [-0.05, 0) is 31.2 Å². The number of nitrogens with one attached hydrogen (secondary N) is 1. The molecular formula is C14H21Cl2NO. The third kappa shape index (κ3) is 6.48. The summed E-state index contributed by atoms with van der Waals surface area (Å²) in [7, 11) is 0. The average Bonchev–Trinajstić information content (AvgIpc) is 2.35. The average molecular weight is 290 g/mol. The Morgan fingerprint density at radius 1 is 1.11 bits per heavy atom. The topological polar surface area (TPSA) is 21.3 Å². The van der Waals surface area contributed by atoms with Crippen LogP contribution in [0, 0.1) is 0 Å². The zero-order valence-corrected chi connectivity index (χ0v) is 12.4. The summed E-state index contributed by atoms with van der Waals surface area (Å²) in [4.78, 5) is 0. The molecular weight excluding hydrogens is 269 g/mol. The molecule has 1 aromatic carbocycles. The van der Waals surface area contributed by atoms with E-state index in [9.17, 15) is 0 Å². The first-order chi connectivity index (χ1) is 8.74. The van der Waals surface area contributed by atoms with Gasteiger partial charge in [-0.15, -0.1) is 0 Å². The summed E-state index contributed by atoms with van der Waals surface area (Å²) < 4.78 is 5.57. The minimum atomic E-state index is 0.561. The highest BCUT2D eigenvalue weighted by Crippen LogP contribution is 2.27. The van der Waals surface area contributed by atoms with Crippen molar-refractivity contribution in [2.24, 2.45) is 0 Å². The zero-order valence-electron chi connectivity index (χ0n) is 10.8. The Hall–Kier alpha value is -0.440. The predicted octanol–water partition coefficient (Wildman–Crippen LogP) is 4.54. The van der Waals surface area contributed by atoms with E-state index in [0.717, 1.165) is 13.1 Å². The molecule has 0 atom stereocenters. The fraction of sp³-hybridized carbons (Fsp3) is 0.571. The van der Waals surface area contributed by atoms with Gasteiger partial charge in [0.1, 0.15) is 12.4 Å². The number of ether oxygens (including phenoxy) is 1. The van der Waals surface area contributed by atoms with Crippen LogP contribution in [-0.2, 0) is 0 Å². The quantitative estimate of drug-likeness (QED) is 0.674. The minimum absolute atomic E-state index is 0.561. The molecule has 2 nitrogen and oxygen atoms in total. The van der Waals surface area contributed by atoms with Crippen LogP contribution in [0.15, 0.2) is 18.2 Å². The molecule has 0 unspecified atom stereocenters. The Morgan fingerprint density at radius 3 is 2.67 bits per heavy atom. The molecule has 0 aliphatic carbocycles. The number of rotatable bonds is 9. The fourth-order valence-electron chi connectivity index (χ4n) is 1.63. The van der Waals surface area contributed by atoms with E-state index in [1.54, 1.807) is 18.2 Å². The second kappa shape index (κ2) is 9.48. The molecule has 18 heavy (non-hydrogen) atoms. The molecule has 0 bridgehead atoms. The summed E-state index contributed by atoms with van der Waals surface area (Å²) in [5.74, 6) is 0.689. The molecule has 102 valence electrons. The fourth-order valence-corrected chi connectivity index (χ4v) is 2.09. The largest absolute Gasteiger partial charge is 0.491 e. The van der Waals surface area contributed by atoms with Gasteiger partial charge in [0.2, 0.25) is 0 Å². The molecule has 0 aliphatic rings. The van der Waals surface area contributed by atoms with Crippen molar-refractivity contribution in [3.05, 3.63) is 28.2 Å². The van der Waals surface area contributed by atoms with Crippen LogP contribution in [0.25, 0.3) is 0 Å². The molecule has 0 amide bonds. The van der Waals surface area contributed by atoms with E-state index >= 15 is 0 Å². The Bertz CT molecular complexity index is 345. The first-order valence-corrected chi connectivity index (χ1v) is 7.28. The van der Waals surface area contributed by atoms with E-state index in [-0.39, 0.29) is 0 Å². The van der Waals surface area contributed by atoms with Crippen molar-refractivity contribution in [3.63, 3.8) is 0 Å². The van der Waals surface area contributed by atoms with Crippen molar-refractivity contribution < 1.29 is 4.74 Å². The van der Waals surface area contributed by atoms with Crippen LogP contribution in [0.5, 0.6) is 5.75 Å². The number of halogens is 2. The van der Waals surface area contributed by atoms with Gasteiger partial charge in [0.15, 0.2) is 0 Å². The van der Waals surface area contributed by atoms with Gasteiger partial charge in [0.05, 0.1) is 5.02 Å². The van der Waals surface area contributed by atoms with E-state index in [2.05, 4.69) is 12.2 Å². The standard InChI is InChI=1S/C14H21Cl2NO/c1-2-3-4-5-8-17-9-10-18-14-7-6-12(15)11-13(14)16/h6-7,11,17H,2-5,8-10H2,1H3. The molecule has 1 rings (SSSR count). The molecule has 0 saturated carbocycles. The van der Waals surface area contributed by atoms with E-state index in [4.69, 9.17) is 27.9 Å². The summed E-state index contributed by atoms with van der Waals surface area (Å²) in [6, 6.07) is 5.27. The number of hydrogen-bond donors (Lipinski definition) is 1. The van der Waals surface area contributed by atoms with Crippen LogP contribution >= 0.6 is 23.2 Å². The van der Waals surface area contributed by atoms with Crippen molar-refractivity contribution in [2.45, 2.75) is 32.6 Å². The van der Waals surface area contributed by atoms with Crippen molar-refractivity contribution >= 4 is 23.2 Å². The highest BCUT2D eigenvalue weighted by Gasteiger charge is 2.01. The highest BCUT2D eigenvalue weighted by atomic mass is 35.5. The van der Waals surface area contributed by atoms with E-state index in [0.29, 0.717) is 22.4 Å². The van der Waals surface area contributed by atoms with Gasteiger partial charge >= 0.3 is 0 Å². The molecule has 1 aromatic rings. The minimum Gasteiger partial charge on any atom is -0.491 e. The van der Waals surface area contributed by atoms with Gasteiger partial charge < -0.3 is 10.1 Å². The second-order valence-electron chi connectivity index (χ2n) is 4.23. The molecule has 0 spiro atoms. The summed E-state index contributed by atoms with van der Waals surface area (Å²) in [6.07, 6.45) is 5.12. The lowest BCUT2D eigenvalue weighted by Crippen LogP contribution is -2.22. The third-order valence-corrected chi connectivity index (χ3v) is 3.17. The van der Waals surface area contributed by atoms with Crippen molar-refractivity contribution in [2.75, 3.05) is 19.7 Å². The normalized spacial score (nSPS) is 10.6. The molecule has 0 radical (unpaired) electrons. The Kier molecular flexibility index (Phi) is 8.23. The number of unbranched alkanes of at least 4 members (excludes halogenated alkanes) is 3. The highest BCUT2D eigenvalue weighted by molar-refractivity contribution is 6.35. The molecule has 0 aliphatic heterocycles. The van der Waals surface area contributed by atoms with Crippen LogP contribution in [0.3, 0.4) is 0 Å². The monoisotopic (exact) mass is 289 g/mol. The maximum Gasteiger partial charge on any atom is 0.138 e. The second-order valence-corrected chi connectivity index (χ2v) is 5.08. The van der Waals surface area contributed by atoms with Gasteiger partial charge in [0.25, 0.3) is 0 Å². The van der Waals surface area contributed by atoms with E-state index < -0.39 is 0 Å². The maximum atomic E-state index is 6.00. The van der Waals surface area contributed by atoms with Crippen molar-refractivity contribution in [3.8, 4) is 5.75 Å². The Labute approximate surface area is 120 Å². The lowest BCUT2D eigenvalue weighted by Gasteiger charge is -2.09. The van der Waals surface area contributed by atoms with E-state index in [1.165, 1.54) is 25.7 Å². The summed E-state index contributed by atoms with van der Waals surface area (Å²) >= 11 is 11.8. The van der Waals surface area contributed by atoms with Crippen LogP contribution in [0.1, 0.15) is 32.6 Å². The first-order valence-electron chi connectivity index (χ1n) is 6.52. The van der Waals surface area contributed by atoms with Gasteiger partial charge in [-0.1, -0.05) is 49.4 Å². The van der Waals surface area contributed by atoms with Crippen LogP contribution < -0.4 is 10.1 Å². The molecule has 0 aromatic heterocycles. The van der Waals surface area contributed by atoms with Crippen LogP contribution in [0.2, 0.25) is 10.0 Å². The van der Waals surface area contributed by atoms with Crippen LogP contribution in [0.4, 0.5) is 0 Å². The Morgan fingerprint density at radius 2 is 1.94 bits per heavy atom. The zero-order chi connectivity index (χ0) is 13.2. The molecule has 4 heteroatoms. The SMILES string of the molecule is CCCCCCNCCOc1ccc(Cl)cc1Cl. The van der Waals surface area contributed by atoms with E-state index in [1.807, 2.05) is 0 Å². The summed E-state index contributed by atoms with van der Waals surface area (Å²) in [6.45, 7) is 4.73. The van der Waals surface area contributed by atoms with Crippen LogP contribution in [-0.4, -0.2) is 19.7 Å². The lowest BCUT2D eigenvalue weighted by atomic mass is 10.2. The molecule has 1 N–H and O–H groups in total. The summed E-state index contributed by atoms with van der Waals surface area (Å²) in [5, 5.41) is 4.54. The van der Waals surface area contributed by atoms with Gasteiger partial charge in [-0.2, -0.15) is 0 Å². The number of benzene rings is 1. The predicted molar refractivity (Wildman–Crippen MR) is 79.0 cm³/mol. The maximum absolute atomic E-state index is 6.00. The molecule has 0 fully saturated rings. The van der Waals surface area contributed by atoms with Crippen molar-refractivity contribution in [1.29, 1.82) is 0 Å². The van der Waals surface area contributed by atoms with Gasteiger partial charge in [-0.3, -0.25) is 0 Å². The van der Waals surface area contributed by atoms with Gasteiger partial charge in [-0.25, -0.2) is 0 Å². The molecule has 0 heterocycles. The van der Waals surface area contributed by atoms with Crippen molar-refractivity contribution in [1.82, 2.24) is 5.32 Å². The first kappa shape index (κ1) is 15.6. The third-order valence-electron chi connectivity index (χ3n) is 2.64. The molecule has 0 saturated heterocycles. The smallest absolute Gasteiger partial charge is 0.138 e.